The Balaban J connectivity index is 0.000000154. The van der Waals surface area contributed by atoms with Crippen molar-refractivity contribution in [1.29, 1.82) is 0 Å². The molecule has 4 N–H and O–H groups in total. The summed E-state index contributed by atoms with van der Waals surface area (Å²) in [4.78, 5) is 82.6. The number of rotatable bonds is 3. The van der Waals surface area contributed by atoms with Crippen LogP contribution in [0.1, 0.15) is 31.5 Å². The Labute approximate surface area is 268 Å². The van der Waals surface area contributed by atoms with Crippen LogP contribution >= 0.6 is 35.3 Å². The molecule has 3 aromatic heterocycles. The average molecular weight is 672 g/mol. The van der Waals surface area contributed by atoms with E-state index in [1.165, 1.54) is 53.4 Å². The number of ether oxygens (including phenoxy) is 1. The van der Waals surface area contributed by atoms with E-state index in [0.717, 1.165) is 14.7 Å². The minimum absolute atomic E-state index is 0.0634. The van der Waals surface area contributed by atoms with E-state index in [9.17, 15) is 28.8 Å². The number of esters is 1. The van der Waals surface area contributed by atoms with Crippen molar-refractivity contribution in [3.63, 3.8) is 0 Å². The molecule has 0 atom stereocenters. The molecule has 4 amide bonds. The van der Waals surface area contributed by atoms with E-state index in [-0.39, 0.29) is 35.0 Å². The van der Waals surface area contributed by atoms with Crippen LogP contribution in [-0.4, -0.2) is 99.0 Å². The zero-order chi connectivity index (χ0) is 32.7. The molecule has 0 bridgehead atoms. The number of methoxy groups -OCH3 is 1. The molecule has 0 saturated carbocycles. The quantitative estimate of drug-likeness (QED) is 0.295. The number of carbonyl (C=O) groups excluding carboxylic acids is 5. The van der Waals surface area contributed by atoms with Gasteiger partial charge in [0.05, 0.1) is 39.1 Å². The molecule has 0 aliphatic carbocycles. The van der Waals surface area contributed by atoms with Crippen molar-refractivity contribution in [2.45, 2.75) is 14.7 Å². The second-order valence-corrected chi connectivity index (χ2v) is 12.2. The number of carboxylic acids is 1. The maximum Gasteiger partial charge on any atom is 0.356 e. The number of carboxylic acid groups (broad SMARTS) is 1. The molecule has 234 valence electrons. The average Bonchev–Trinajstić information content (AvgIpc) is 3.03. The van der Waals surface area contributed by atoms with E-state index >= 15 is 0 Å². The van der Waals surface area contributed by atoms with Gasteiger partial charge in [-0.2, -0.15) is 0 Å². The first-order chi connectivity index (χ1) is 21.4. The summed E-state index contributed by atoms with van der Waals surface area (Å²) in [5.74, 6) is 0.245. The Bertz CT molecular complexity index is 1700. The van der Waals surface area contributed by atoms with Crippen molar-refractivity contribution >= 4 is 88.3 Å². The Morgan fingerprint density at radius 1 is 0.689 bits per heavy atom. The minimum atomic E-state index is -1.10. The number of hydrogen-bond acceptors (Lipinski definition) is 13. The summed E-state index contributed by atoms with van der Waals surface area (Å²) < 4.78 is 4.53. The molecule has 0 fully saturated rings. The van der Waals surface area contributed by atoms with E-state index in [0.29, 0.717) is 40.4 Å². The highest BCUT2D eigenvalue weighted by Gasteiger charge is 2.21. The summed E-state index contributed by atoms with van der Waals surface area (Å²) >= 11 is 4.17. The van der Waals surface area contributed by atoms with E-state index in [1.54, 1.807) is 38.4 Å². The summed E-state index contributed by atoms with van der Waals surface area (Å²) in [6.45, 7) is 0. The zero-order valence-electron chi connectivity index (χ0n) is 23.9. The maximum absolute atomic E-state index is 11.7. The van der Waals surface area contributed by atoms with E-state index < -0.39 is 11.9 Å². The number of aromatic carboxylic acids is 1. The lowest BCUT2D eigenvalue weighted by molar-refractivity contribution is -0.114. The molecule has 15 nitrogen and oxygen atoms in total. The third-order valence-electron chi connectivity index (χ3n) is 5.66. The monoisotopic (exact) mass is 671 g/mol. The molecule has 6 heterocycles. The van der Waals surface area contributed by atoms with Gasteiger partial charge in [0.15, 0.2) is 11.4 Å². The predicted molar refractivity (Wildman–Crippen MR) is 167 cm³/mol. The smallest absolute Gasteiger partial charge is 0.356 e. The highest BCUT2D eigenvalue weighted by molar-refractivity contribution is 8.00. The fourth-order valence-electron chi connectivity index (χ4n) is 3.58. The van der Waals surface area contributed by atoms with Crippen molar-refractivity contribution < 1.29 is 38.6 Å². The minimum Gasteiger partial charge on any atom is -0.477 e. The second-order valence-electron chi connectivity index (χ2n) is 9.14. The highest BCUT2D eigenvalue weighted by Crippen LogP contribution is 2.31. The second kappa shape index (κ2) is 14.9. The van der Waals surface area contributed by atoms with Gasteiger partial charge in [-0.1, -0.05) is 0 Å². The molecule has 18 heteroatoms. The van der Waals surface area contributed by atoms with Gasteiger partial charge in [-0.05, 0) is 36.4 Å². The topological polar surface area (TPSA) is 210 Å². The van der Waals surface area contributed by atoms with Crippen molar-refractivity contribution in [2.75, 3.05) is 54.4 Å². The maximum atomic E-state index is 11.7. The van der Waals surface area contributed by atoms with Crippen molar-refractivity contribution in [2.24, 2.45) is 0 Å². The van der Waals surface area contributed by atoms with Crippen LogP contribution in [0, 0.1) is 0 Å². The third-order valence-corrected chi connectivity index (χ3v) is 8.80. The first kappa shape index (κ1) is 33.2. The normalized spacial score (nSPS) is 14.2. The standard InChI is InChI=1S/C10H11N3O2S.C9H8N2O3S.C8H6N2O3S/c1-13(2)10(15)6-3-4-7-9(11-6)12-8(14)5-16-7;1-14-9(13)5-2-3-6-8(10-5)11-7(12)4-15-6;11-6-3-14-5-2-1-4(8(12)13)9-7(5)10-6/h3-4H,5H2,1-2H3,(H,11,12,14);2-3H,4H2,1H3,(H,10,11,12);1-2H,3H2,(H,12,13)(H,9,10,11). The fourth-order valence-corrected chi connectivity index (χ4v) is 5.85. The molecule has 45 heavy (non-hydrogen) atoms. The van der Waals surface area contributed by atoms with Crippen LogP contribution < -0.4 is 16.0 Å². The number of hydrogen-bond donors (Lipinski definition) is 4. The fraction of sp³-hybridized carbons (Fsp3) is 0.222. The summed E-state index contributed by atoms with van der Waals surface area (Å²) in [5.41, 5.74) is 0.470. The Morgan fingerprint density at radius 3 is 1.47 bits per heavy atom. The molecule has 0 aromatic carbocycles. The van der Waals surface area contributed by atoms with Gasteiger partial charge >= 0.3 is 11.9 Å². The third kappa shape index (κ3) is 8.70. The number of pyridine rings is 3. The first-order valence-electron chi connectivity index (χ1n) is 12.8. The Kier molecular flexibility index (Phi) is 11.0. The van der Waals surface area contributed by atoms with Crippen LogP contribution in [0.3, 0.4) is 0 Å². The molecule has 3 aromatic rings. The summed E-state index contributed by atoms with van der Waals surface area (Å²) in [6.07, 6.45) is 0. The summed E-state index contributed by atoms with van der Waals surface area (Å²) in [7, 11) is 4.62. The predicted octanol–water partition coefficient (Wildman–Crippen LogP) is 2.56. The lowest BCUT2D eigenvalue weighted by Crippen LogP contribution is -2.25. The van der Waals surface area contributed by atoms with Gasteiger partial charge in [0.25, 0.3) is 5.91 Å². The van der Waals surface area contributed by atoms with Gasteiger partial charge in [-0.25, -0.2) is 24.5 Å². The number of fused-ring (bicyclic) bond motifs is 3. The van der Waals surface area contributed by atoms with Gasteiger partial charge in [0.1, 0.15) is 23.1 Å². The van der Waals surface area contributed by atoms with Crippen LogP contribution in [0.25, 0.3) is 0 Å². The first-order valence-corrected chi connectivity index (χ1v) is 15.7. The number of anilines is 3. The molecular weight excluding hydrogens is 647 g/mol. The van der Waals surface area contributed by atoms with E-state index in [1.807, 2.05) is 6.07 Å². The largest absolute Gasteiger partial charge is 0.477 e. The van der Waals surface area contributed by atoms with Crippen LogP contribution in [-0.2, 0) is 19.1 Å². The van der Waals surface area contributed by atoms with Gasteiger partial charge in [0, 0.05) is 14.1 Å². The SMILES string of the molecule is CN(C)C(=O)c1ccc2c(n1)NC(=O)CS2.COC(=O)c1ccc2c(n1)NC(=O)CS2.O=C1CSc2ccc(C(=O)O)nc2N1. The van der Waals surface area contributed by atoms with Crippen molar-refractivity contribution in [3.05, 3.63) is 53.5 Å². The molecule has 0 saturated heterocycles. The summed E-state index contributed by atoms with van der Waals surface area (Å²) in [5, 5.41) is 16.4. The molecule has 6 rings (SSSR count). The number of nitrogens with zero attached hydrogens (tertiary/aromatic N) is 4. The van der Waals surface area contributed by atoms with Crippen LogP contribution in [0.2, 0.25) is 0 Å². The van der Waals surface area contributed by atoms with Gasteiger partial charge < -0.3 is 30.7 Å². The summed E-state index contributed by atoms with van der Waals surface area (Å²) in [6, 6.07) is 9.88. The Morgan fingerprint density at radius 2 is 1.07 bits per heavy atom. The molecular formula is C27H25N7O8S3. The van der Waals surface area contributed by atoms with Crippen LogP contribution in [0.15, 0.2) is 51.1 Å². The zero-order valence-corrected chi connectivity index (χ0v) is 26.4. The lowest BCUT2D eigenvalue weighted by atomic mass is 10.3. The molecule has 3 aliphatic heterocycles. The number of aromatic nitrogens is 3. The van der Waals surface area contributed by atoms with E-state index in [2.05, 4.69) is 35.6 Å². The number of carbonyl (C=O) groups is 6. The van der Waals surface area contributed by atoms with Crippen LogP contribution in [0.5, 0.6) is 0 Å². The van der Waals surface area contributed by atoms with Gasteiger partial charge in [-0.15, -0.1) is 35.3 Å². The van der Waals surface area contributed by atoms with Crippen molar-refractivity contribution in [1.82, 2.24) is 19.9 Å². The highest BCUT2D eigenvalue weighted by atomic mass is 32.2. The lowest BCUT2D eigenvalue weighted by Gasteiger charge is -2.16. The number of nitrogens with one attached hydrogen (secondary N) is 3. The van der Waals surface area contributed by atoms with E-state index in [4.69, 9.17) is 5.11 Å². The molecule has 0 spiro atoms. The number of thioether (sulfide) groups is 3. The van der Waals surface area contributed by atoms with Gasteiger partial charge in [0.2, 0.25) is 17.7 Å². The Hall–Kier alpha value is -4.68. The molecule has 0 radical (unpaired) electrons. The van der Waals surface area contributed by atoms with Crippen LogP contribution in [0.4, 0.5) is 17.5 Å². The number of amides is 4. The molecule has 0 unspecified atom stereocenters. The van der Waals surface area contributed by atoms with Crippen molar-refractivity contribution in [3.8, 4) is 0 Å². The van der Waals surface area contributed by atoms with Gasteiger partial charge in [-0.3, -0.25) is 19.2 Å². The molecule has 3 aliphatic rings.